The van der Waals surface area contributed by atoms with E-state index in [1.54, 1.807) is 0 Å². The van der Waals surface area contributed by atoms with Crippen molar-refractivity contribution in [2.75, 3.05) is 26.2 Å². The Morgan fingerprint density at radius 1 is 1.37 bits per heavy atom. The van der Waals surface area contributed by atoms with Crippen LogP contribution in [0.25, 0.3) is 0 Å². The summed E-state index contributed by atoms with van der Waals surface area (Å²) in [5.41, 5.74) is 2.05. The fourth-order valence-electron chi connectivity index (χ4n) is 2.55. The van der Waals surface area contributed by atoms with E-state index in [-0.39, 0.29) is 12.4 Å². The predicted molar refractivity (Wildman–Crippen MR) is 76.5 cm³/mol. The first-order chi connectivity index (χ1) is 9.10. The molecule has 0 aliphatic carbocycles. The topological polar surface area (TPSA) is 40.5 Å². The number of benzene rings is 1. The van der Waals surface area contributed by atoms with Gasteiger partial charge in [0.05, 0.1) is 6.54 Å². The molecule has 1 fully saturated rings. The number of hydrogen-bond acceptors (Lipinski definition) is 3. The lowest BCUT2D eigenvalue weighted by Gasteiger charge is -2.14. The van der Waals surface area contributed by atoms with Gasteiger partial charge in [-0.25, -0.2) is 0 Å². The van der Waals surface area contributed by atoms with Gasteiger partial charge in [0.15, 0.2) is 5.78 Å². The minimum Gasteiger partial charge on any atom is -0.396 e. The Bertz CT molecular complexity index is 425. The number of ketones is 1. The van der Waals surface area contributed by atoms with Gasteiger partial charge in [0, 0.05) is 18.7 Å². The zero-order chi connectivity index (χ0) is 13.8. The highest BCUT2D eigenvalue weighted by Gasteiger charge is 2.23. The number of aliphatic hydroxyl groups excluding tert-OH is 1. The van der Waals surface area contributed by atoms with Crippen LogP contribution in [0.1, 0.15) is 42.1 Å². The average Bonchev–Trinajstić information content (AvgIpc) is 2.86. The molecule has 3 nitrogen and oxygen atoms in total. The summed E-state index contributed by atoms with van der Waals surface area (Å²) in [6.45, 7) is 6.75. The van der Waals surface area contributed by atoms with Gasteiger partial charge in [-0.2, -0.15) is 0 Å². The van der Waals surface area contributed by atoms with Crippen LogP contribution < -0.4 is 0 Å². The van der Waals surface area contributed by atoms with E-state index < -0.39 is 0 Å². The first-order valence-electron chi connectivity index (χ1n) is 7.06. The summed E-state index contributed by atoms with van der Waals surface area (Å²) in [5, 5.41) is 9.11. The van der Waals surface area contributed by atoms with Gasteiger partial charge in [0.25, 0.3) is 0 Å². The molecule has 1 saturated heterocycles. The maximum Gasteiger partial charge on any atom is 0.176 e. The monoisotopic (exact) mass is 261 g/mol. The summed E-state index contributed by atoms with van der Waals surface area (Å²) in [6.07, 6.45) is 0.996. The van der Waals surface area contributed by atoms with Crippen molar-refractivity contribution >= 4 is 5.78 Å². The van der Waals surface area contributed by atoms with Gasteiger partial charge in [0.2, 0.25) is 0 Å². The second kappa shape index (κ2) is 6.31. The average molecular weight is 261 g/mol. The molecule has 0 aromatic heterocycles. The molecule has 0 saturated carbocycles. The number of carbonyl (C=O) groups is 1. The van der Waals surface area contributed by atoms with Crippen LogP contribution in [0.4, 0.5) is 0 Å². The molecule has 0 spiro atoms. The van der Waals surface area contributed by atoms with Crippen molar-refractivity contribution in [3.05, 3.63) is 35.4 Å². The van der Waals surface area contributed by atoms with E-state index in [0.29, 0.717) is 18.4 Å². The summed E-state index contributed by atoms with van der Waals surface area (Å²) in [6, 6.07) is 7.94. The summed E-state index contributed by atoms with van der Waals surface area (Å²) in [7, 11) is 0. The molecule has 1 aliphatic heterocycles. The molecule has 104 valence electrons. The second-order valence-corrected chi connectivity index (χ2v) is 5.77. The van der Waals surface area contributed by atoms with Crippen molar-refractivity contribution in [1.29, 1.82) is 0 Å². The maximum absolute atomic E-state index is 12.2. The number of likely N-dealkylation sites (tertiary alicyclic amines) is 1. The zero-order valence-corrected chi connectivity index (χ0v) is 11.8. The predicted octanol–water partition coefficient (Wildman–Crippen LogP) is 2.31. The van der Waals surface area contributed by atoms with Crippen molar-refractivity contribution in [1.82, 2.24) is 4.90 Å². The third kappa shape index (κ3) is 3.64. The van der Waals surface area contributed by atoms with Crippen LogP contribution in [0.2, 0.25) is 0 Å². The van der Waals surface area contributed by atoms with Crippen LogP contribution in [-0.4, -0.2) is 42.0 Å². The Hall–Kier alpha value is -1.19. The normalized spacial score (nSPS) is 20.1. The fraction of sp³-hybridized carbons (Fsp3) is 0.562. The van der Waals surface area contributed by atoms with Gasteiger partial charge in [0.1, 0.15) is 0 Å². The minimum atomic E-state index is 0.175. The Kier molecular flexibility index (Phi) is 4.72. The molecule has 1 heterocycles. The number of Topliss-reactive ketones (excluding diaryl/α,β-unsaturated/α-hetero) is 1. The van der Waals surface area contributed by atoms with Gasteiger partial charge in [-0.3, -0.25) is 9.69 Å². The first kappa shape index (κ1) is 14.2. The molecule has 1 aromatic rings. The molecule has 1 atom stereocenters. The number of rotatable bonds is 5. The Morgan fingerprint density at radius 3 is 2.58 bits per heavy atom. The van der Waals surface area contributed by atoms with Crippen LogP contribution in [0, 0.1) is 5.92 Å². The zero-order valence-electron chi connectivity index (χ0n) is 11.8. The summed E-state index contributed by atoms with van der Waals surface area (Å²) >= 11 is 0. The van der Waals surface area contributed by atoms with Crippen molar-refractivity contribution in [2.24, 2.45) is 5.92 Å². The van der Waals surface area contributed by atoms with Gasteiger partial charge in [-0.05, 0) is 30.4 Å². The van der Waals surface area contributed by atoms with E-state index in [0.717, 1.165) is 25.1 Å². The molecular formula is C16H23NO2. The smallest absolute Gasteiger partial charge is 0.176 e. The Morgan fingerprint density at radius 2 is 2.05 bits per heavy atom. The molecule has 3 heteroatoms. The van der Waals surface area contributed by atoms with Gasteiger partial charge in [-0.1, -0.05) is 38.1 Å². The number of hydrogen-bond donors (Lipinski definition) is 1. The van der Waals surface area contributed by atoms with E-state index in [9.17, 15) is 4.79 Å². The first-order valence-corrected chi connectivity index (χ1v) is 7.06. The molecule has 0 bridgehead atoms. The van der Waals surface area contributed by atoms with E-state index >= 15 is 0 Å². The summed E-state index contributed by atoms with van der Waals surface area (Å²) in [4.78, 5) is 14.3. The summed E-state index contributed by atoms with van der Waals surface area (Å²) in [5.74, 6) is 1.01. The van der Waals surface area contributed by atoms with E-state index in [1.165, 1.54) is 5.56 Å². The molecule has 1 aliphatic rings. The maximum atomic E-state index is 12.2. The molecule has 1 aromatic carbocycles. The minimum absolute atomic E-state index is 0.175. The Balaban J connectivity index is 1.93. The second-order valence-electron chi connectivity index (χ2n) is 5.77. The molecule has 19 heavy (non-hydrogen) atoms. The third-order valence-electron chi connectivity index (χ3n) is 3.89. The lowest BCUT2D eigenvalue weighted by Crippen LogP contribution is -2.28. The van der Waals surface area contributed by atoms with Crippen LogP contribution in [0.3, 0.4) is 0 Å². The molecular weight excluding hydrogens is 238 g/mol. The van der Waals surface area contributed by atoms with Crippen molar-refractivity contribution < 1.29 is 9.90 Å². The van der Waals surface area contributed by atoms with Crippen molar-refractivity contribution in [2.45, 2.75) is 26.2 Å². The third-order valence-corrected chi connectivity index (χ3v) is 3.89. The quantitative estimate of drug-likeness (QED) is 0.827. The molecule has 0 amide bonds. The van der Waals surface area contributed by atoms with Crippen LogP contribution in [-0.2, 0) is 0 Å². The van der Waals surface area contributed by atoms with E-state index in [4.69, 9.17) is 5.11 Å². The largest absolute Gasteiger partial charge is 0.396 e. The molecule has 0 radical (unpaired) electrons. The molecule has 2 rings (SSSR count). The highest BCUT2D eigenvalue weighted by molar-refractivity contribution is 5.97. The Labute approximate surface area is 115 Å². The van der Waals surface area contributed by atoms with Crippen LogP contribution in [0.5, 0.6) is 0 Å². The highest BCUT2D eigenvalue weighted by atomic mass is 16.3. The lowest BCUT2D eigenvalue weighted by atomic mass is 10.0. The van der Waals surface area contributed by atoms with Crippen LogP contribution in [0.15, 0.2) is 24.3 Å². The fourth-order valence-corrected chi connectivity index (χ4v) is 2.55. The number of carbonyl (C=O) groups excluding carboxylic acids is 1. The standard InChI is InChI=1S/C16H23NO2/c1-12(2)14-3-5-15(6-4-14)16(19)10-17-8-7-13(9-17)11-18/h3-6,12-13,18H,7-11H2,1-2H3. The van der Waals surface area contributed by atoms with Crippen molar-refractivity contribution in [3.63, 3.8) is 0 Å². The summed E-state index contributed by atoms with van der Waals surface area (Å²) < 4.78 is 0. The van der Waals surface area contributed by atoms with E-state index in [2.05, 4.69) is 18.7 Å². The number of nitrogens with zero attached hydrogens (tertiary/aromatic N) is 1. The van der Waals surface area contributed by atoms with Crippen LogP contribution >= 0.6 is 0 Å². The number of aliphatic hydroxyl groups is 1. The van der Waals surface area contributed by atoms with Gasteiger partial charge in [-0.15, -0.1) is 0 Å². The van der Waals surface area contributed by atoms with Gasteiger partial charge < -0.3 is 5.11 Å². The van der Waals surface area contributed by atoms with Crippen molar-refractivity contribution in [3.8, 4) is 0 Å². The SMILES string of the molecule is CC(C)c1ccc(C(=O)CN2CCC(CO)C2)cc1. The van der Waals surface area contributed by atoms with E-state index in [1.807, 2.05) is 24.3 Å². The molecule has 1 unspecified atom stereocenters. The molecule has 1 N–H and O–H groups in total. The highest BCUT2D eigenvalue weighted by Crippen LogP contribution is 2.17. The lowest BCUT2D eigenvalue weighted by molar-refractivity contribution is 0.0940. The van der Waals surface area contributed by atoms with Gasteiger partial charge >= 0.3 is 0 Å².